The lowest BCUT2D eigenvalue weighted by Gasteiger charge is -2.14. The Morgan fingerprint density at radius 3 is 2.38 bits per heavy atom. The van der Waals surface area contributed by atoms with Gasteiger partial charge in [-0.15, -0.1) is 0 Å². The highest BCUT2D eigenvalue weighted by atomic mass is 16.5. The average molecular weight is 281 g/mol. The smallest absolute Gasteiger partial charge is 0.119 e. The summed E-state index contributed by atoms with van der Waals surface area (Å²) in [5, 5.41) is 3.53. The molecule has 1 unspecified atom stereocenters. The molecule has 0 aliphatic carbocycles. The van der Waals surface area contributed by atoms with Crippen molar-refractivity contribution in [3.05, 3.63) is 77.9 Å². The van der Waals surface area contributed by atoms with Crippen LogP contribution in [0.25, 0.3) is 0 Å². The van der Waals surface area contributed by atoms with Gasteiger partial charge >= 0.3 is 0 Å². The van der Waals surface area contributed by atoms with Crippen molar-refractivity contribution >= 4 is 0 Å². The van der Waals surface area contributed by atoms with Crippen LogP contribution in [0.4, 0.5) is 0 Å². The van der Waals surface area contributed by atoms with E-state index >= 15 is 0 Å². The molecule has 0 amide bonds. The van der Waals surface area contributed by atoms with Crippen molar-refractivity contribution in [3.8, 4) is 5.75 Å². The quantitative estimate of drug-likeness (QED) is 0.755. The van der Waals surface area contributed by atoms with Gasteiger partial charge in [-0.2, -0.15) is 0 Å². The number of hydrogen-bond acceptors (Lipinski definition) is 2. The van der Waals surface area contributed by atoms with Gasteiger partial charge in [0.1, 0.15) is 12.4 Å². The second-order valence-corrected chi connectivity index (χ2v) is 5.40. The van der Waals surface area contributed by atoms with E-state index in [1.807, 2.05) is 25.1 Å². The third kappa shape index (κ3) is 5.09. The third-order valence-corrected chi connectivity index (χ3v) is 3.32. The summed E-state index contributed by atoms with van der Waals surface area (Å²) in [6, 6.07) is 19.0. The first-order valence-electron chi connectivity index (χ1n) is 7.29. The fourth-order valence-electron chi connectivity index (χ4n) is 2.04. The van der Waals surface area contributed by atoms with Crippen molar-refractivity contribution in [2.75, 3.05) is 6.61 Å². The van der Waals surface area contributed by atoms with Gasteiger partial charge in [-0.3, -0.25) is 0 Å². The maximum absolute atomic E-state index is 5.60. The van der Waals surface area contributed by atoms with Crippen LogP contribution in [0.1, 0.15) is 31.0 Å². The second-order valence-electron chi connectivity index (χ2n) is 5.40. The van der Waals surface area contributed by atoms with E-state index in [4.69, 9.17) is 4.74 Å². The first-order valence-corrected chi connectivity index (χ1v) is 7.29. The second kappa shape index (κ2) is 7.65. The molecule has 0 fully saturated rings. The normalized spacial score (nSPS) is 11.9. The molecule has 110 valence electrons. The summed E-state index contributed by atoms with van der Waals surface area (Å²) in [7, 11) is 0. The van der Waals surface area contributed by atoms with Crippen molar-refractivity contribution in [1.82, 2.24) is 5.32 Å². The van der Waals surface area contributed by atoms with Crippen molar-refractivity contribution in [3.63, 3.8) is 0 Å². The van der Waals surface area contributed by atoms with Gasteiger partial charge in [0.25, 0.3) is 0 Å². The highest BCUT2D eigenvalue weighted by Gasteiger charge is 2.04. The molecule has 0 saturated carbocycles. The van der Waals surface area contributed by atoms with Gasteiger partial charge in [-0.1, -0.05) is 49.0 Å². The topological polar surface area (TPSA) is 21.3 Å². The Bertz CT molecular complexity index is 560. The number of benzene rings is 2. The Labute approximate surface area is 127 Å². The summed E-state index contributed by atoms with van der Waals surface area (Å²) >= 11 is 0. The predicted molar refractivity (Wildman–Crippen MR) is 88.4 cm³/mol. The molecular formula is C19H23NO. The third-order valence-electron chi connectivity index (χ3n) is 3.32. The lowest BCUT2D eigenvalue weighted by Crippen LogP contribution is -2.17. The molecule has 0 aliphatic rings. The molecule has 0 saturated heterocycles. The summed E-state index contributed by atoms with van der Waals surface area (Å²) in [5.41, 5.74) is 3.58. The predicted octanol–water partition coefficient (Wildman–Crippen LogP) is 4.49. The summed E-state index contributed by atoms with van der Waals surface area (Å²) in [6.45, 7) is 9.39. The molecule has 1 atom stereocenters. The molecule has 0 aliphatic heterocycles. The maximum Gasteiger partial charge on any atom is 0.119 e. The van der Waals surface area contributed by atoms with Gasteiger partial charge in [0, 0.05) is 12.6 Å². The Hall–Kier alpha value is -2.06. The lowest BCUT2D eigenvalue weighted by atomic mass is 10.1. The lowest BCUT2D eigenvalue weighted by molar-refractivity contribution is 0.352. The van der Waals surface area contributed by atoms with E-state index in [-0.39, 0.29) is 0 Å². The molecule has 2 heteroatoms. The van der Waals surface area contributed by atoms with Crippen LogP contribution in [0.15, 0.2) is 66.7 Å². The minimum absolute atomic E-state index is 0.338. The largest absolute Gasteiger partial charge is 0.489 e. The van der Waals surface area contributed by atoms with Gasteiger partial charge in [-0.25, -0.2) is 0 Å². The van der Waals surface area contributed by atoms with Crippen LogP contribution in [0.5, 0.6) is 5.75 Å². The van der Waals surface area contributed by atoms with Crippen LogP contribution in [-0.4, -0.2) is 6.61 Å². The molecule has 2 rings (SSSR count). The van der Waals surface area contributed by atoms with Gasteiger partial charge in [0.05, 0.1) is 0 Å². The van der Waals surface area contributed by atoms with E-state index in [2.05, 4.69) is 55.2 Å². The molecule has 0 bridgehead atoms. The number of nitrogens with one attached hydrogen (secondary N) is 1. The molecule has 2 nitrogen and oxygen atoms in total. The van der Waals surface area contributed by atoms with E-state index in [1.54, 1.807) is 0 Å². The van der Waals surface area contributed by atoms with Gasteiger partial charge in [0.15, 0.2) is 0 Å². The summed E-state index contributed by atoms with van der Waals surface area (Å²) in [5.74, 6) is 0.887. The molecule has 21 heavy (non-hydrogen) atoms. The molecule has 0 spiro atoms. The molecule has 0 radical (unpaired) electrons. The van der Waals surface area contributed by atoms with Crippen LogP contribution in [0.3, 0.4) is 0 Å². The molecular weight excluding hydrogens is 258 g/mol. The minimum Gasteiger partial charge on any atom is -0.489 e. The maximum atomic E-state index is 5.60. The Morgan fingerprint density at radius 2 is 1.76 bits per heavy atom. The fraction of sp³-hybridized carbons (Fsp3) is 0.263. The highest BCUT2D eigenvalue weighted by molar-refractivity contribution is 5.28. The van der Waals surface area contributed by atoms with Crippen molar-refractivity contribution in [2.24, 2.45) is 0 Å². The zero-order chi connectivity index (χ0) is 15.1. The van der Waals surface area contributed by atoms with Crippen molar-refractivity contribution in [2.45, 2.75) is 26.4 Å². The number of ether oxygens (including phenoxy) is 1. The SMILES string of the molecule is C=C(C)COc1ccc(CNC(C)c2ccccc2)cc1. The van der Waals surface area contributed by atoms with E-state index in [9.17, 15) is 0 Å². The highest BCUT2D eigenvalue weighted by Crippen LogP contribution is 2.15. The van der Waals surface area contributed by atoms with E-state index in [1.165, 1.54) is 11.1 Å². The Kier molecular flexibility index (Phi) is 5.59. The fourth-order valence-corrected chi connectivity index (χ4v) is 2.04. The Morgan fingerprint density at radius 1 is 1.10 bits per heavy atom. The van der Waals surface area contributed by atoms with Gasteiger partial charge in [-0.05, 0) is 42.7 Å². The molecule has 0 aromatic heterocycles. The van der Waals surface area contributed by atoms with E-state index in [0.29, 0.717) is 12.6 Å². The Balaban J connectivity index is 1.85. The molecule has 2 aromatic rings. The van der Waals surface area contributed by atoms with Gasteiger partial charge < -0.3 is 10.1 Å². The number of hydrogen-bond donors (Lipinski definition) is 1. The summed E-state index contributed by atoms with van der Waals surface area (Å²) < 4.78 is 5.60. The molecule has 1 N–H and O–H groups in total. The first kappa shape index (κ1) is 15.3. The van der Waals surface area contributed by atoms with Crippen LogP contribution in [0.2, 0.25) is 0 Å². The van der Waals surface area contributed by atoms with Crippen LogP contribution in [0, 0.1) is 0 Å². The standard InChI is InChI=1S/C19H23NO/c1-15(2)14-21-19-11-9-17(10-12-19)13-20-16(3)18-7-5-4-6-8-18/h4-12,16,20H,1,13-14H2,2-3H3. The van der Waals surface area contributed by atoms with Crippen LogP contribution >= 0.6 is 0 Å². The average Bonchev–Trinajstić information content (AvgIpc) is 2.52. The summed E-state index contributed by atoms with van der Waals surface area (Å²) in [6.07, 6.45) is 0. The van der Waals surface area contributed by atoms with Gasteiger partial charge in [0.2, 0.25) is 0 Å². The monoisotopic (exact) mass is 281 g/mol. The zero-order valence-electron chi connectivity index (χ0n) is 12.8. The van der Waals surface area contributed by atoms with E-state index < -0.39 is 0 Å². The zero-order valence-corrected chi connectivity index (χ0v) is 12.8. The first-order chi connectivity index (χ1) is 10.1. The van der Waals surface area contributed by atoms with Crippen molar-refractivity contribution in [1.29, 1.82) is 0 Å². The molecule has 0 heterocycles. The minimum atomic E-state index is 0.338. The molecule has 2 aromatic carbocycles. The van der Waals surface area contributed by atoms with E-state index in [0.717, 1.165) is 17.9 Å². The van der Waals surface area contributed by atoms with Crippen LogP contribution in [-0.2, 0) is 6.54 Å². The summed E-state index contributed by atoms with van der Waals surface area (Å²) in [4.78, 5) is 0. The van der Waals surface area contributed by atoms with Crippen molar-refractivity contribution < 1.29 is 4.74 Å². The number of rotatable bonds is 7. The van der Waals surface area contributed by atoms with Crippen LogP contribution < -0.4 is 10.1 Å².